The zero-order chi connectivity index (χ0) is 16.6. The fourth-order valence-corrected chi connectivity index (χ4v) is 3.04. The first kappa shape index (κ1) is 15.5. The smallest absolute Gasteiger partial charge is 0.345 e. The van der Waals surface area contributed by atoms with Gasteiger partial charge < -0.3 is 9.84 Å². The van der Waals surface area contributed by atoms with Crippen LogP contribution in [0.3, 0.4) is 0 Å². The second-order valence-electron chi connectivity index (χ2n) is 6.05. The lowest BCUT2D eigenvalue weighted by Gasteiger charge is -2.16. The minimum atomic E-state index is -0.0947. The molecule has 0 saturated heterocycles. The molecule has 124 valence electrons. The predicted octanol–water partition coefficient (Wildman–Crippen LogP) is 0.250. The SMILES string of the molecule is Cc1noc(C)c1CC(=O)N[C@H]1CCc2nn(C)c(=O)n2CC1. The molecular formula is C15H21N5O3. The third-order valence-corrected chi connectivity index (χ3v) is 4.39. The summed E-state index contributed by atoms with van der Waals surface area (Å²) < 4.78 is 8.15. The Kier molecular flexibility index (Phi) is 4.06. The van der Waals surface area contributed by atoms with Crippen molar-refractivity contribution in [1.82, 2.24) is 24.8 Å². The molecule has 0 aliphatic carbocycles. The Morgan fingerprint density at radius 1 is 1.39 bits per heavy atom. The number of nitrogens with one attached hydrogen (secondary N) is 1. The van der Waals surface area contributed by atoms with Crippen molar-refractivity contribution in [2.45, 2.75) is 52.1 Å². The lowest BCUT2D eigenvalue weighted by Crippen LogP contribution is -2.36. The second kappa shape index (κ2) is 6.02. The molecule has 1 atom stereocenters. The first-order valence-electron chi connectivity index (χ1n) is 7.79. The molecule has 0 bridgehead atoms. The summed E-state index contributed by atoms with van der Waals surface area (Å²) in [4.78, 5) is 24.2. The molecule has 8 nitrogen and oxygen atoms in total. The lowest BCUT2D eigenvalue weighted by molar-refractivity contribution is -0.121. The Labute approximate surface area is 133 Å². The number of carbonyl (C=O) groups excluding carboxylic acids is 1. The topological polar surface area (TPSA) is 95.0 Å². The summed E-state index contributed by atoms with van der Waals surface area (Å²) in [5.41, 5.74) is 1.50. The second-order valence-corrected chi connectivity index (χ2v) is 6.05. The Morgan fingerprint density at radius 2 is 2.17 bits per heavy atom. The van der Waals surface area contributed by atoms with Crippen LogP contribution in [0.4, 0.5) is 0 Å². The number of hydrogen-bond acceptors (Lipinski definition) is 5. The van der Waals surface area contributed by atoms with Crippen LogP contribution in [0.2, 0.25) is 0 Å². The van der Waals surface area contributed by atoms with E-state index in [-0.39, 0.29) is 24.1 Å². The van der Waals surface area contributed by atoms with Crippen molar-refractivity contribution < 1.29 is 9.32 Å². The molecule has 1 N–H and O–H groups in total. The average molecular weight is 319 g/mol. The van der Waals surface area contributed by atoms with E-state index >= 15 is 0 Å². The number of nitrogens with zero attached hydrogens (tertiary/aromatic N) is 4. The van der Waals surface area contributed by atoms with Gasteiger partial charge in [-0.05, 0) is 26.7 Å². The van der Waals surface area contributed by atoms with Crippen molar-refractivity contribution in [2.24, 2.45) is 7.05 Å². The fraction of sp³-hybridized carbons (Fsp3) is 0.600. The van der Waals surface area contributed by atoms with Gasteiger partial charge in [0.1, 0.15) is 11.6 Å². The van der Waals surface area contributed by atoms with E-state index in [4.69, 9.17) is 4.52 Å². The Morgan fingerprint density at radius 3 is 2.87 bits per heavy atom. The molecule has 2 aromatic heterocycles. The fourth-order valence-electron chi connectivity index (χ4n) is 3.04. The number of aromatic nitrogens is 4. The van der Waals surface area contributed by atoms with Crippen molar-refractivity contribution >= 4 is 5.91 Å². The standard InChI is InChI=1S/C15H21N5O3/c1-9-12(10(2)23-18-9)8-14(21)16-11-4-5-13-17-19(3)15(22)20(13)7-6-11/h11H,4-8H2,1-3H3,(H,16,21)/t11-/m0/s1. The van der Waals surface area contributed by atoms with Crippen LogP contribution in [0, 0.1) is 13.8 Å². The highest BCUT2D eigenvalue weighted by Gasteiger charge is 2.22. The van der Waals surface area contributed by atoms with Crippen molar-refractivity contribution in [2.75, 3.05) is 0 Å². The predicted molar refractivity (Wildman–Crippen MR) is 82.0 cm³/mol. The average Bonchev–Trinajstić information content (AvgIpc) is 2.87. The molecule has 0 unspecified atom stereocenters. The maximum absolute atomic E-state index is 12.3. The van der Waals surface area contributed by atoms with E-state index in [0.717, 1.165) is 29.9 Å². The summed E-state index contributed by atoms with van der Waals surface area (Å²) in [6, 6.07) is 0.0504. The summed E-state index contributed by atoms with van der Waals surface area (Å²) in [6.07, 6.45) is 2.46. The molecular weight excluding hydrogens is 298 g/mol. The maximum atomic E-state index is 12.3. The highest BCUT2D eigenvalue weighted by molar-refractivity contribution is 5.79. The van der Waals surface area contributed by atoms with Gasteiger partial charge in [0.2, 0.25) is 5.91 Å². The molecule has 0 fully saturated rings. The van der Waals surface area contributed by atoms with Crippen LogP contribution in [0.15, 0.2) is 9.32 Å². The van der Waals surface area contributed by atoms with Crippen molar-refractivity contribution in [3.05, 3.63) is 33.3 Å². The molecule has 1 aliphatic rings. The van der Waals surface area contributed by atoms with Crippen molar-refractivity contribution in [3.8, 4) is 0 Å². The highest BCUT2D eigenvalue weighted by atomic mass is 16.5. The van der Waals surface area contributed by atoms with Gasteiger partial charge in [0.15, 0.2) is 0 Å². The summed E-state index contributed by atoms with van der Waals surface area (Å²) in [6.45, 7) is 4.22. The summed E-state index contributed by atoms with van der Waals surface area (Å²) in [5.74, 6) is 1.43. The summed E-state index contributed by atoms with van der Waals surface area (Å²) >= 11 is 0. The molecule has 0 spiro atoms. The molecule has 1 aliphatic heterocycles. The summed E-state index contributed by atoms with van der Waals surface area (Å²) in [7, 11) is 1.66. The van der Waals surface area contributed by atoms with Crippen molar-refractivity contribution in [3.63, 3.8) is 0 Å². The molecule has 2 aromatic rings. The zero-order valence-electron chi connectivity index (χ0n) is 13.6. The van der Waals surface area contributed by atoms with Crippen LogP contribution in [0.1, 0.15) is 35.7 Å². The normalized spacial score (nSPS) is 17.6. The van der Waals surface area contributed by atoms with Gasteiger partial charge >= 0.3 is 5.69 Å². The van der Waals surface area contributed by atoms with E-state index < -0.39 is 0 Å². The number of fused-ring (bicyclic) bond motifs is 1. The van der Waals surface area contributed by atoms with E-state index in [2.05, 4.69) is 15.6 Å². The van der Waals surface area contributed by atoms with Gasteiger partial charge in [-0.3, -0.25) is 9.36 Å². The largest absolute Gasteiger partial charge is 0.361 e. The number of amides is 1. The van der Waals surface area contributed by atoms with Crippen LogP contribution in [-0.2, 0) is 31.2 Å². The molecule has 3 rings (SSSR count). The lowest BCUT2D eigenvalue weighted by atomic mass is 10.1. The minimum absolute atomic E-state index is 0.0446. The van der Waals surface area contributed by atoms with Gasteiger partial charge in [0.25, 0.3) is 0 Å². The van der Waals surface area contributed by atoms with E-state index in [1.54, 1.807) is 11.6 Å². The molecule has 0 aromatic carbocycles. The highest BCUT2D eigenvalue weighted by Crippen LogP contribution is 2.15. The van der Waals surface area contributed by atoms with Gasteiger partial charge in [-0.25, -0.2) is 9.48 Å². The number of carbonyl (C=O) groups is 1. The van der Waals surface area contributed by atoms with Crippen LogP contribution in [0.5, 0.6) is 0 Å². The molecule has 23 heavy (non-hydrogen) atoms. The first-order chi connectivity index (χ1) is 11.0. The Bertz CT molecular complexity index is 766. The third kappa shape index (κ3) is 3.06. The first-order valence-corrected chi connectivity index (χ1v) is 7.79. The van der Waals surface area contributed by atoms with Crippen LogP contribution in [-0.4, -0.2) is 31.5 Å². The van der Waals surface area contributed by atoms with Crippen LogP contribution in [0.25, 0.3) is 0 Å². The number of aryl methyl sites for hydroxylation is 4. The number of rotatable bonds is 3. The third-order valence-electron chi connectivity index (χ3n) is 4.39. The molecule has 1 amide bonds. The van der Waals surface area contributed by atoms with Crippen molar-refractivity contribution in [1.29, 1.82) is 0 Å². The van der Waals surface area contributed by atoms with Gasteiger partial charge in [-0.1, -0.05) is 5.16 Å². The Balaban J connectivity index is 1.61. The van der Waals surface area contributed by atoms with Crippen LogP contribution < -0.4 is 11.0 Å². The molecule has 0 saturated carbocycles. The maximum Gasteiger partial charge on any atom is 0.345 e. The summed E-state index contributed by atoms with van der Waals surface area (Å²) in [5, 5.41) is 11.2. The van der Waals surface area contributed by atoms with Gasteiger partial charge in [-0.2, -0.15) is 5.10 Å². The molecule has 0 radical (unpaired) electrons. The van der Waals surface area contributed by atoms with E-state index in [1.807, 2.05) is 13.8 Å². The van der Waals surface area contributed by atoms with Gasteiger partial charge in [0, 0.05) is 31.6 Å². The zero-order valence-corrected chi connectivity index (χ0v) is 13.6. The number of hydrogen-bond donors (Lipinski definition) is 1. The molecule has 8 heteroatoms. The van der Waals surface area contributed by atoms with Gasteiger partial charge in [-0.15, -0.1) is 0 Å². The Hall–Kier alpha value is -2.38. The van der Waals surface area contributed by atoms with E-state index in [0.29, 0.717) is 18.7 Å². The van der Waals surface area contributed by atoms with E-state index in [9.17, 15) is 9.59 Å². The minimum Gasteiger partial charge on any atom is -0.361 e. The van der Waals surface area contributed by atoms with Gasteiger partial charge in [0.05, 0.1) is 12.1 Å². The molecule has 3 heterocycles. The quantitative estimate of drug-likeness (QED) is 0.875. The monoisotopic (exact) mass is 319 g/mol. The van der Waals surface area contributed by atoms with Crippen LogP contribution >= 0.6 is 0 Å². The van der Waals surface area contributed by atoms with E-state index in [1.165, 1.54) is 4.68 Å².